The van der Waals surface area contributed by atoms with E-state index in [1.807, 2.05) is 57.2 Å². The molecule has 0 saturated carbocycles. The SMILES string of the molecule is CCCOC(=O)c1cnc2nc(C)ccc2c1Nc1ccc(OCC)cc1. The van der Waals surface area contributed by atoms with Gasteiger partial charge >= 0.3 is 5.97 Å². The van der Waals surface area contributed by atoms with Crippen LogP contribution in [0.25, 0.3) is 11.0 Å². The second kappa shape index (κ2) is 8.49. The fraction of sp³-hybridized carbons (Fsp3) is 0.286. The summed E-state index contributed by atoms with van der Waals surface area (Å²) < 4.78 is 10.8. The molecule has 0 aliphatic rings. The topological polar surface area (TPSA) is 73.3 Å². The van der Waals surface area contributed by atoms with Gasteiger partial charge in [-0.05, 0) is 56.7 Å². The number of anilines is 2. The van der Waals surface area contributed by atoms with Crippen LogP contribution in [0, 0.1) is 6.92 Å². The second-order valence-electron chi connectivity index (χ2n) is 6.09. The molecule has 1 aromatic carbocycles. The standard InChI is InChI=1S/C21H23N3O3/c1-4-12-27-21(25)18-13-22-20-17(11-6-14(3)23-20)19(18)24-15-7-9-16(10-8-15)26-5-2/h6-11,13H,4-5,12H2,1-3H3,(H,22,23,24). The Balaban J connectivity index is 2.02. The highest BCUT2D eigenvalue weighted by Gasteiger charge is 2.18. The quantitative estimate of drug-likeness (QED) is 0.615. The van der Waals surface area contributed by atoms with Gasteiger partial charge in [0, 0.05) is 23.0 Å². The Bertz CT molecular complexity index is 939. The summed E-state index contributed by atoms with van der Waals surface area (Å²) in [7, 11) is 0. The third-order valence-electron chi connectivity index (χ3n) is 3.96. The first-order chi connectivity index (χ1) is 13.1. The molecule has 3 aromatic rings. The molecule has 27 heavy (non-hydrogen) atoms. The summed E-state index contributed by atoms with van der Waals surface area (Å²) in [6.07, 6.45) is 2.28. The summed E-state index contributed by atoms with van der Waals surface area (Å²) in [4.78, 5) is 21.3. The average Bonchev–Trinajstić information content (AvgIpc) is 2.67. The molecular weight excluding hydrogens is 342 g/mol. The van der Waals surface area contributed by atoms with Crippen LogP contribution in [0.1, 0.15) is 36.3 Å². The van der Waals surface area contributed by atoms with Crippen LogP contribution in [0.2, 0.25) is 0 Å². The number of nitrogens with one attached hydrogen (secondary N) is 1. The zero-order valence-corrected chi connectivity index (χ0v) is 15.8. The van der Waals surface area contributed by atoms with Crippen molar-refractivity contribution in [2.24, 2.45) is 0 Å². The lowest BCUT2D eigenvalue weighted by Gasteiger charge is -2.14. The lowest BCUT2D eigenvalue weighted by molar-refractivity contribution is 0.0506. The van der Waals surface area contributed by atoms with Crippen molar-refractivity contribution >= 4 is 28.4 Å². The van der Waals surface area contributed by atoms with Crippen molar-refractivity contribution in [3.63, 3.8) is 0 Å². The molecule has 2 heterocycles. The monoisotopic (exact) mass is 365 g/mol. The van der Waals surface area contributed by atoms with Crippen LogP contribution in [0.4, 0.5) is 11.4 Å². The smallest absolute Gasteiger partial charge is 0.341 e. The summed E-state index contributed by atoms with van der Waals surface area (Å²) in [6.45, 7) is 6.78. The highest BCUT2D eigenvalue weighted by molar-refractivity contribution is 6.05. The minimum absolute atomic E-state index is 0.367. The van der Waals surface area contributed by atoms with Crippen molar-refractivity contribution in [1.29, 1.82) is 0 Å². The minimum Gasteiger partial charge on any atom is -0.494 e. The van der Waals surface area contributed by atoms with E-state index in [4.69, 9.17) is 9.47 Å². The molecule has 0 saturated heterocycles. The molecular formula is C21H23N3O3. The number of benzene rings is 1. The first kappa shape index (κ1) is 18.6. The Morgan fingerprint density at radius 3 is 2.59 bits per heavy atom. The normalized spacial score (nSPS) is 10.6. The Hall–Kier alpha value is -3.15. The predicted octanol–water partition coefficient (Wildman–Crippen LogP) is 4.65. The summed E-state index contributed by atoms with van der Waals surface area (Å²) in [5, 5.41) is 4.09. The van der Waals surface area contributed by atoms with Crippen LogP contribution in [-0.2, 0) is 4.74 Å². The third-order valence-corrected chi connectivity index (χ3v) is 3.96. The van der Waals surface area contributed by atoms with E-state index in [1.165, 1.54) is 6.20 Å². The molecule has 0 radical (unpaired) electrons. The van der Waals surface area contributed by atoms with Crippen molar-refractivity contribution in [3.8, 4) is 5.75 Å². The number of nitrogens with zero attached hydrogens (tertiary/aromatic N) is 2. The number of pyridine rings is 2. The number of ether oxygens (including phenoxy) is 2. The molecule has 6 heteroatoms. The highest BCUT2D eigenvalue weighted by Crippen LogP contribution is 2.30. The average molecular weight is 365 g/mol. The van der Waals surface area contributed by atoms with Crippen LogP contribution in [0.15, 0.2) is 42.6 Å². The van der Waals surface area contributed by atoms with Gasteiger partial charge in [0.15, 0.2) is 5.65 Å². The van der Waals surface area contributed by atoms with Crippen molar-refractivity contribution in [1.82, 2.24) is 9.97 Å². The van der Waals surface area contributed by atoms with Crippen LogP contribution in [0.3, 0.4) is 0 Å². The van der Waals surface area contributed by atoms with E-state index >= 15 is 0 Å². The molecule has 0 unspecified atom stereocenters. The fourth-order valence-corrected chi connectivity index (χ4v) is 2.68. The van der Waals surface area contributed by atoms with E-state index in [1.54, 1.807) is 0 Å². The van der Waals surface area contributed by atoms with E-state index in [9.17, 15) is 4.79 Å². The van der Waals surface area contributed by atoms with Gasteiger partial charge in [-0.15, -0.1) is 0 Å². The van der Waals surface area contributed by atoms with Crippen LogP contribution >= 0.6 is 0 Å². The van der Waals surface area contributed by atoms with Crippen molar-refractivity contribution in [2.75, 3.05) is 18.5 Å². The first-order valence-electron chi connectivity index (χ1n) is 9.05. The van der Waals surface area contributed by atoms with Gasteiger partial charge in [-0.2, -0.15) is 0 Å². The number of fused-ring (bicyclic) bond motifs is 1. The van der Waals surface area contributed by atoms with E-state index < -0.39 is 5.97 Å². The Morgan fingerprint density at radius 2 is 1.89 bits per heavy atom. The maximum absolute atomic E-state index is 12.5. The van der Waals surface area contributed by atoms with Gasteiger partial charge in [-0.25, -0.2) is 14.8 Å². The van der Waals surface area contributed by atoms with Gasteiger partial charge in [-0.1, -0.05) is 6.92 Å². The number of rotatable bonds is 7. The maximum atomic E-state index is 12.5. The van der Waals surface area contributed by atoms with Gasteiger partial charge in [0.25, 0.3) is 0 Å². The fourth-order valence-electron chi connectivity index (χ4n) is 2.68. The molecule has 0 fully saturated rings. The predicted molar refractivity (Wildman–Crippen MR) is 106 cm³/mol. The second-order valence-corrected chi connectivity index (χ2v) is 6.09. The van der Waals surface area contributed by atoms with Crippen molar-refractivity contribution in [2.45, 2.75) is 27.2 Å². The lowest BCUT2D eigenvalue weighted by Crippen LogP contribution is -2.10. The van der Waals surface area contributed by atoms with E-state index in [0.717, 1.165) is 28.9 Å². The first-order valence-corrected chi connectivity index (χ1v) is 9.05. The van der Waals surface area contributed by atoms with Gasteiger partial charge < -0.3 is 14.8 Å². The molecule has 1 N–H and O–H groups in total. The number of esters is 1. The summed E-state index contributed by atoms with van der Waals surface area (Å²) >= 11 is 0. The van der Waals surface area contributed by atoms with Crippen LogP contribution < -0.4 is 10.1 Å². The van der Waals surface area contributed by atoms with Gasteiger partial charge in [0.05, 0.1) is 18.9 Å². The zero-order chi connectivity index (χ0) is 19.2. The minimum atomic E-state index is -0.403. The molecule has 140 valence electrons. The summed E-state index contributed by atoms with van der Waals surface area (Å²) in [5.74, 6) is 0.391. The van der Waals surface area contributed by atoms with Crippen molar-refractivity contribution < 1.29 is 14.3 Å². The van der Waals surface area contributed by atoms with Crippen LogP contribution in [-0.4, -0.2) is 29.2 Å². The number of carbonyl (C=O) groups excluding carboxylic acids is 1. The number of aryl methyl sites for hydroxylation is 1. The summed E-state index contributed by atoms with van der Waals surface area (Å²) in [5.41, 5.74) is 3.29. The molecule has 2 aromatic heterocycles. The largest absolute Gasteiger partial charge is 0.494 e. The number of hydrogen-bond donors (Lipinski definition) is 1. The van der Waals surface area contributed by atoms with E-state index in [0.29, 0.717) is 30.1 Å². The van der Waals surface area contributed by atoms with E-state index in [2.05, 4.69) is 15.3 Å². The Kier molecular flexibility index (Phi) is 5.86. The van der Waals surface area contributed by atoms with Gasteiger partial charge in [-0.3, -0.25) is 0 Å². The lowest BCUT2D eigenvalue weighted by atomic mass is 10.1. The molecule has 0 aliphatic heterocycles. The zero-order valence-electron chi connectivity index (χ0n) is 15.8. The number of hydrogen-bond acceptors (Lipinski definition) is 6. The Morgan fingerprint density at radius 1 is 1.11 bits per heavy atom. The highest BCUT2D eigenvalue weighted by atomic mass is 16.5. The van der Waals surface area contributed by atoms with Crippen molar-refractivity contribution in [3.05, 3.63) is 53.9 Å². The maximum Gasteiger partial charge on any atom is 0.341 e. The van der Waals surface area contributed by atoms with Gasteiger partial charge in [0.1, 0.15) is 11.3 Å². The number of carbonyl (C=O) groups is 1. The molecule has 0 atom stereocenters. The van der Waals surface area contributed by atoms with E-state index in [-0.39, 0.29) is 0 Å². The molecule has 0 aliphatic carbocycles. The molecule has 3 rings (SSSR count). The van der Waals surface area contributed by atoms with Crippen LogP contribution in [0.5, 0.6) is 5.75 Å². The number of aromatic nitrogens is 2. The molecule has 0 amide bonds. The molecule has 0 bridgehead atoms. The molecule has 0 spiro atoms. The summed E-state index contributed by atoms with van der Waals surface area (Å²) in [6, 6.07) is 11.4. The molecule has 6 nitrogen and oxygen atoms in total. The third kappa shape index (κ3) is 4.34. The Labute approximate surface area is 158 Å². The van der Waals surface area contributed by atoms with Gasteiger partial charge in [0.2, 0.25) is 0 Å².